The van der Waals surface area contributed by atoms with Gasteiger partial charge in [-0.2, -0.15) is 0 Å². The maximum absolute atomic E-state index is 6.35. The molecule has 0 aliphatic carbocycles. The Bertz CT molecular complexity index is 1250. The summed E-state index contributed by atoms with van der Waals surface area (Å²) in [5, 5.41) is 9.22. The normalized spacial score (nSPS) is 17.4. The van der Waals surface area contributed by atoms with Crippen LogP contribution in [0.1, 0.15) is 30.0 Å². The fourth-order valence-corrected chi connectivity index (χ4v) is 5.40. The van der Waals surface area contributed by atoms with E-state index in [9.17, 15) is 0 Å². The van der Waals surface area contributed by atoms with Crippen LogP contribution in [0.5, 0.6) is 0 Å². The maximum atomic E-state index is 6.35. The van der Waals surface area contributed by atoms with E-state index < -0.39 is 0 Å². The summed E-state index contributed by atoms with van der Waals surface area (Å²) < 4.78 is 6.35. The van der Waals surface area contributed by atoms with Crippen molar-refractivity contribution in [3.05, 3.63) is 108 Å². The molecule has 1 fully saturated rings. The van der Waals surface area contributed by atoms with Gasteiger partial charge in [0.05, 0.1) is 11.7 Å². The third-order valence-electron chi connectivity index (χ3n) is 5.80. The van der Waals surface area contributed by atoms with E-state index in [4.69, 9.17) is 28.2 Å². The Kier molecular flexibility index (Phi) is 7.57. The summed E-state index contributed by atoms with van der Waals surface area (Å²) >= 11 is 13.4. The summed E-state index contributed by atoms with van der Waals surface area (Å²) in [7, 11) is 0. The number of hydrogen-bond acceptors (Lipinski definition) is 5. The molecule has 178 valence electrons. The van der Waals surface area contributed by atoms with Crippen LogP contribution < -0.4 is 10.6 Å². The van der Waals surface area contributed by atoms with Crippen molar-refractivity contribution in [2.75, 3.05) is 18.4 Å². The number of benzene rings is 2. The van der Waals surface area contributed by atoms with Gasteiger partial charge in [-0.25, -0.2) is 0 Å². The molecule has 0 radical (unpaired) electrons. The number of aromatic nitrogens is 1. The predicted molar refractivity (Wildman–Crippen MR) is 146 cm³/mol. The van der Waals surface area contributed by atoms with Crippen molar-refractivity contribution in [3.63, 3.8) is 0 Å². The van der Waals surface area contributed by atoms with Gasteiger partial charge in [0.25, 0.3) is 0 Å². The number of pyridine rings is 1. The zero-order chi connectivity index (χ0) is 24.0. The first-order valence-corrected chi connectivity index (χ1v) is 13.1. The summed E-state index contributed by atoms with van der Waals surface area (Å²) in [6.45, 7) is 1.64. The second kappa shape index (κ2) is 11.2. The fourth-order valence-electron chi connectivity index (χ4n) is 4.16. The quantitative estimate of drug-likeness (QED) is 0.183. The molecular weight excluding hydrogens is 496 g/mol. The van der Waals surface area contributed by atoms with E-state index in [1.54, 1.807) is 11.8 Å². The molecule has 5 nitrogen and oxygen atoms in total. The van der Waals surface area contributed by atoms with Crippen molar-refractivity contribution in [2.24, 2.45) is 0 Å². The molecular formula is C27H25ClN4OS2. The molecule has 2 unspecified atom stereocenters. The van der Waals surface area contributed by atoms with Crippen molar-refractivity contribution in [3.8, 4) is 0 Å². The molecule has 3 heterocycles. The zero-order valence-electron chi connectivity index (χ0n) is 18.9. The average Bonchev–Trinajstić information content (AvgIpc) is 3.48. The number of rotatable bonds is 9. The lowest BCUT2D eigenvalue weighted by Gasteiger charge is -2.26. The summed E-state index contributed by atoms with van der Waals surface area (Å²) in [4.78, 5) is 7.89. The van der Waals surface area contributed by atoms with Crippen LogP contribution in [0.2, 0.25) is 5.02 Å². The summed E-state index contributed by atoms with van der Waals surface area (Å²) in [6.07, 6.45) is 2.74. The van der Waals surface area contributed by atoms with E-state index in [1.165, 1.54) is 0 Å². The van der Waals surface area contributed by atoms with Gasteiger partial charge in [-0.3, -0.25) is 4.98 Å². The number of thiocarbonyl (C=S) groups is 1. The Morgan fingerprint density at radius 1 is 1.00 bits per heavy atom. The predicted octanol–water partition coefficient (Wildman–Crippen LogP) is 6.95. The van der Waals surface area contributed by atoms with E-state index in [0.29, 0.717) is 5.11 Å². The molecule has 2 N–H and O–H groups in total. The molecule has 8 heteroatoms. The number of para-hydroxylation sites is 1. The molecule has 35 heavy (non-hydrogen) atoms. The summed E-state index contributed by atoms with van der Waals surface area (Å²) in [5.41, 5.74) is 2.06. The second-order valence-electron chi connectivity index (χ2n) is 8.18. The Labute approximate surface area is 219 Å². The monoisotopic (exact) mass is 520 g/mol. The zero-order valence-corrected chi connectivity index (χ0v) is 21.3. The van der Waals surface area contributed by atoms with Crippen LogP contribution in [-0.4, -0.2) is 28.1 Å². The number of anilines is 1. The van der Waals surface area contributed by atoms with Crippen LogP contribution in [0.4, 0.5) is 5.69 Å². The molecule has 0 amide bonds. The number of hydrogen-bond donors (Lipinski definition) is 2. The number of nitrogens with zero attached hydrogens (tertiary/aromatic N) is 2. The molecule has 2 atom stereocenters. The van der Waals surface area contributed by atoms with E-state index in [1.807, 2.05) is 79.0 Å². The van der Waals surface area contributed by atoms with Gasteiger partial charge in [-0.15, -0.1) is 0 Å². The summed E-state index contributed by atoms with van der Waals surface area (Å²) in [6, 6.07) is 27.8. The Morgan fingerprint density at radius 2 is 1.80 bits per heavy atom. The third-order valence-corrected chi connectivity index (χ3v) is 7.33. The van der Waals surface area contributed by atoms with E-state index in [-0.39, 0.29) is 12.1 Å². The molecule has 0 saturated carbocycles. The number of furan rings is 1. The Balaban J connectivity index is 1.33. The van der Waals surface area contributed by atoms with Gasteiger partial charge in [0.15, 0.2) is 10.2 Å². The van der Waals surface area contributed by atoms with Crippen molar-refractivity contribution < 1.29 is 4.42 Å². The molecule has 2 aromatic heterocycles. The topological polar surface area (TPSA) is 53.3 Å². The van der Waals surface area contributed by atoms with Gasteiger partial charge in [-0.1, -0.05) is 47.6 Å². The van der Waals surface area contributed by atoms with Gasteiger partial charge < -0.3 is 20.0 Å². The highest BCUT2D eigenvalue weighted by atomic mass is 35.5. The van der Waals surface area contributed by atoms with Gasteiger partial charge in [0.1, 0.15) is 11.8 Å². The lowest BCUT2D eigenvalue weighted by atomic mass is 10.0. The van der Waals surface area contributed by atoms with Crippen molar-refractivity contribution in [1.82, 2.24) is 15.2 Å². The fraction of sp³-hybridized carbons (Fsp3) is 0.185. The molecule has 1 saturated heterocycles. The molecule has 4 aromatic rings. The molecule has 2 aromatic carbocycles. The molecule has 5 rings (SSSR count). The minimum absolute atomic E-state index is 0.0892. The molecule has 1 aliphatic heterocycles. The Hall–Kier alpha value is -3.00. The SMILES string of the molecule is S=C1NC(c2ccccn2)C(c2ccc(Sc3ccc(Cl)cc3)o2)N1CCCNc1ccccc1. The van der Waals surface area contributed by atoms with Crippen LogP contribution in [-0.2, 0) is 0 Å². The largest absolute Gasteiger partial charge is 0.452 e. The molecule has 0 bridgehead atoms. The van der Waals surface area contributed by atoms with Crippen molar-refractivity contribution >= 4 is 46.4 Å². The number of nitrogens with one attached hydrogen (secondary N) is 2. The minimum atomic E-state index is -0.0923. The first-order chi connectivity index (χ1) is 17.2. The van der Waals surface area contributed by atoms with Crippen LogP contribution in [0.25, 0.3) is 0 Å². The third kappa shape index (κ3) is 5.81. The lowest BCUT2D eigenvalue weighted by Crippen LogP contribution is -2.31. The standard InChI is InChI=1S/C27H25ClN4OS2/c28-19-10-12-21(13-11-19)35-24-15-14-23(33-24)26-25(22-9-4-5-16-30-22)31-27(34)32(26)18-6-17-29-20-7-2-1-3-8-20/h1-5,7-16,25-26,29H,6,17-18H2,(H,31,34). The summed E-state index contributed by atoms with van der Waals surface area (Å²) in [5.74, 6) is 0.862. The van der Waals surface area contributed by atoms with Gasteiger partial charge >= 0.3 is 0 Å². The van der Waals surface area contributed by atoms with E-state index in [2.05, 4.69) is 32.7 Å². The van der Waals surface area contributed by atoms with E-state index >= 15 is 0 Å². The van der Waals surface area contributed by atoms with Crippen LogP contribution in [0.3, 0.4) is 0 Å². The first-order valence-electron chi connectivity index (χ1n) is 11.5. The number of halogens is 1. The van der Waals surface area contributed by atoms with Gasteiger partial charge in [-0.05, 0) is 79.3 Å². The highest BCUT2D eigenvalue weighted by molar-refractivity contribution is 7.99. The first kappa shape index (κ1) is 23.7. The van der Waals surface area contributed by atoms with Crippen LogP contribution in [0.15, 0.2) is 106 Å². The molecule has 0 spiro atoms. The molecule has 1 aliphatic rings. The smallest absolute Gasteiger partial charge is 0.170 e. The average molecular weight is 521 g/mol. The lowest BCUT2D eigenvalue weighted by molar-refractivity contribution is 0.259. The minimum Gasteiger partial charge on any atom is -0.452 e. The van der Waals surface area contributed by atoms with Crippen LogP contribution >= 0.6 is 35.6 Å². The Morgan fingerprint density at radius 3 is 2.57 bits per heavy atom. The maximum Gasteiger partial charge on any atom is 0.170 e. The highest BCUT2D eigenvalue weighted by Gasteiger charge is 2.41. The second-order valence-corrected chi connectivity index (χ2v) is 10.1. The highest BCUT2D eigenvalue weighted by Crippen LogP contribution is 2.41. The van der Waals surface area contributed by atoms with Gasteiger partial charge in [0, 0.05) is 34.9 Å². The van der Waals surface area contributed by atoms with Crippen molar-refractivity contribution in [2.45, 2.75) is 28.5 Å². The van der Waals surface area contributed by atoms with E-state index in [0.717, 1.165) is 51.7 Å². The van der Waals surface area contributed by atoms with Crippen LogP contribution in [0, 0.1) is 0 Å². The van der Waals surface area contributed by atoms with Gasteiger partial charge in [0.2, 0.25) is 0 Å². The van der Waals surface area contributed by atoms with Crippen molar-refractivity contribution in [1.29, 1.82) is 0 Å².